The summed E-state index contributed by atoms with van der Waals surface area (Å²) in [6.45, 7) is 18.6. The molecule has 1 unspecified atom stereocenters. The van der Waals surface area contributed by atoms with Gasteiger partial charge in [0.1, 0.15) is 0 Å². The number of unbranched alkanes of at least 4 members (excludes halogenated alkanes) is 2. The molecular weight excluding hydrogens is 262 g/mol. The van der Waals surface area contributed by atoms with Crippen LogP contribution in [0.3, 0.4) is 0 Å². The molecule has 1 fully saturated rings. The first-order valence-corrected chi connectivity index (χ1v) is 9.10. The molecule has 3 nitrogen and oxygen atoms in total. The Morgan fingerprint density at radius 2 is 1.71 bits per heavy atom. The van der Waals surface area contributed by atoms with Crippen LogP contribution in [0.5, 0.6) is 0 Å². The Balaban J connectivity index is 0. The van der Waals surface area contributed by atoms with Gasteiger partial charge >= 0.3 is 0 Å². The first-order chi connectivity index (χ1) is 10.1. The second-order valence-electron chi connectivity index (χ2n) is 5.58. The van der Waals surface area contributed by atoms with Gasteiger partial charge in [-0.15, -0.1) is 0 Å². The smallest absolute Gasteiger partial charge is 0.0933 e. The normalized spacial score (nSPS) is 16.4. The zero-order valence-electron chi connectivity index (χ0n) is 15.8. The van der Waals surface area contributed by atoms with Gasteiger partial charge in [0.2, 0.25) is 0 Å². The summed E-state index contributed by atoms with van der Waals surface area (Å²) in [4.78, 5) is 0. The van der Waals surface area contributed by atoms with Crippen molar-refractivity contribution in [3.05, 3.63) is 0 Å². The molecule has 1 aliphatic heterocycles. The first-order valence-electron chi connectivity index (χ1n) is 9.10. The minimum atomic E-state index is 0.0504. The molecule has 1 atom stereocenters. The van der Waals surface area contributed by atoms with E-state index >= 15 is 0 Å². The van der Waals surface area contributed by atoms with Crippen molar-refractivity contribution in [1.82, 2.24) is 5.32 Å². The molecule has 0 aliphatic carbocycles. The number of epoxide rings is 1. The van der Waals surface area contributed by atoms with Gasteiger partial charge in [-0.2, -0.15) is 0 Å². The van der Waals surface area contributed by atoms with Crippen molar-refractivity contribution < 1.29 is 9.47 Å². The van der Waals surface area contributed by atoms with E-state index < -0.39 is 0 Å². The molecule has 0 aromatic heterocycles. The lowest BCUT2D eigenvalue weighted by Crippen LogP contribution is -2.26. The average molecular weight is 304 g/mol. The van der Waals surface area contributed by atoms with E-state index in [-0.39, 0.29) is 5.60 Å². The van der Waals surface area contributed by atoms with E-state index in [4.69, 9.17) is 9.47 Å². The molecule has 1 rings (SSSR count). The summed E-state index contributed by atoms with van der Waals surface area (Å²) in [6.07, 6.45) is 6.50. The average Bonchev–Trinajstić information content (AvgIpc) is 3.31. The third-order valence-electron chi connectivity index (χ3n) is 3.15. The molecule has 1 saturated heterocycles. The van der Waals surface area contributed by atoms with Crippen LogP contribution in [-0.2, 0) is 9.47 Å². The van der Waals surface area contributed by atoms with Crippen molar-refractivity contribution in [2.24, 2.45) is 0 Å². The predicted octanol–water partition coefficient (Wildman–Crippen LogP) is 4.79. The minimum absolute atomic E-state index is 0.0504. The van der Waals surface area contributed by atoms with Gasteiger partial charge in [-0.3, -0.25) is 0 Å². The van der Waals surface area contributed by atoms with E-state index in [2.05, 4.69) is 26.1 Å². The fourth-order valence-electron chi connectivity index (χ4n) is 1.81. The van der Waals surface area contributed by atoms with Gasteiger partial charge in [0.25, 0.3) is 0 Å². The number of hydrogen-bond donors (Lipinski definition) is 1. The topological polar surface area (TPSA) is 33.8 Å². The van der Waals surface area contributed by atoms with E-state index in [1.807, 2.05) is 27.7 Å². The Bertz CT molecular complexity index is 192. The van der Waals surface area contributed by atoms with E-state index in [1.165, 1.54) is 25.7 Å². The van der Waals surface area contributed by atoms with Crippen molar-refractivity contribution in [1.29, 1.82) is 0 Å². The van der Waals surface area contributed by atoms with E-state index in [1.54, 1.807) is 0 Å². The van der Waals surface area contributed by atoms with Crippen molar-refractivity contribution in [3.63, 3.8) is 0 Å². The molecule has 0 aromatic carbocycles. The molecule has 0 amide bonds. The van der Waals surface area contributed by atoms with Crippen LogP contribution in [0.15, 0.2) is 0 Å². The molecule has 3 heteroatoms. The molecule has 21 heavy (non-hydrogen) atoms. The lowest BCUT2D eigenvalue weighted by molar-refractivity contribution is -0.0260. The summed E-state index contributed by atoms with van der Waals surface area (Å²) >= 11 is 0. The maximum Gasteiger partial charge on any atom is 0.0933 e. The van der Waals surface area contributed by atoms with Crippen LogP contribution < -0.4 is 5.32 Å². The van der Waals surface area contributed by atoms with Crippen molar-refractivity contribution in [2.75, 3.05) is 26.3 Å². The van der Waals surface area contributed by atoms with Crippen LogP contribution in [0.4, 0.5) is 0 Å². The van der Waals surface area contributed by atoms with Crippen molar-refractivity contribution >= 4 is 0 Å². The molecule has 0 saturated carbocycles. The molecule has 130 valence electrons. The van der Waals surface area contributed by atoms with Gasteiger partial charge < -0.3 is 14.8 Å². The summed E-state index contributed by atoms with van der Waals surface area (Å²) in [5.74, 6) is 0. The Hall–Kier alpha value is -0.120. The van der Waals surface area contributed by atoms with E-state index in [0.29, 0.717) is 6.10 Å². The van der Waals surface area contributed by atoms with Crippen LogP contribution in [0.1, 0.15) is 80.6 Å². The Morgan fingerprint density at radius 1 is 1.10 bits per heavy atom. The zero-order chi connectivity index (χ0) is 16.6. The summed E-state index contributed by atoms with van der Waals surface area (Å²) in [5, 5.41) is 3.42. The standard InChI is InChI=1S/C14H29NO2.2C2H6/c1-4-5-10-17-14(2,3)8-6-7-9-15-11-13-12-16-13;2*1-2/h13,15H,4-12H2,1-3H3;2*1-2H3. The fourth-order valence-corrected chi connectivity index (χ4v) is 1.81. The third kappa shape index (κ3) is 17.8. The number of hydrogen-bond acceptors (Lipinski definition) is 3. The Labute approximate surface area is 134 Å². The van der Waals surface area contributed by atoms with Gasteiger partial charge in [-0.05, 0) is 46.1 Å². The van der Waals surface area contributed by atoms with Crippen molar-refractivity contribution in [2.45, 2.75) is 92.3 Å². The Morgan fingerprint density at radius 3 is 2.24 bits per heavy atom. The van der Waals surface area contributed by atoms with E-state index in [0.717, 1.165) is 32.7 Å². The highest BCUT2D eigenvalue weighted by molar-refractivity contribution is 4.72. The SMILES string of the molecule is CC.CC.CCCCOC(C)(C)CCCCNCC1CO1. The summed E-state index contributed by atoms with van der Waals surface area (Å²) in [6, 6.07) is 0. The van der Waals surface area contributed by atoms with Crippen LogP contribution in [0.2, 0.25) is 0 Å². The zero-order valence-corrected chi connectivity index (χ0v) is 15.8. The van der Waals surface area contributed by atoms with Crippen LogP contribution in [0, 0.1) is 0 Å². The Kier molecular flexibility index (Phi) is 17.9. The van der Waals surface area contributed by atoms with Gasteiger partial charge in [0, 0.05) is 13.2 Å². The minimum Gasteiger partial charge on any atom is -0.376 e. The molecule has 0 spiro atoms. The monoisotopic (exact) mass is 303 g/mol. The number of nitrogens with one attached hydrogen (secondary N) is 1. The molecule has 1 heterocycles. The highest BCUT2D eigenvalue weighted by Gasteiger charge is 2.21. The molecule has 1 N–H and O–H groups in total. The van der Waals surface area contributed by atoms with Crippen molar-refractivity contribution in [3.8, 4) is 0 Å². The van der Waals surface area contributed by atoms with Gasteiger partial charge in [-0.25, -0.2) is 0 Å². The highest BCUT2D eigenvalue weighted by Crippen LogP contribution is 2.18. The molecule has 1 aliphatic rings. The number of ether oxygens (including phenoxy) is 2. The lowest BCUT2D eigenvalue weighted by atomic mass is 10.0. The summed E-state index contributed by atoms with van der Waals surface area (Å²) in [5.41, 5.74) is 0.0504. The second-order valence-corrected chi connectivity index (χ2v) is 5.58. The van der Waals surface area contributed by atoms with E-state index in [9.17, 15) is 0 Å². The fraction of sp³-hybridized carbons (Fsp3) is 1.00. The maximum absolute atomic E-state index is 5.88. The van der Waals surface area contributed by atoms with Gasteiger partial charge in [0.05, 0.1) is 18.3 Å². The molecule has 0 radical (unpaired) electrons. The lowest BCUT2D eigenvalue weighted by Gasteiger charge is -2.25. The molecule has 0 bridgehead atoms. The van der Waals surface area contributed by atoms with Gasteiger partial charge in [-0.1, -0.05) is 41.0 Å². The number of rotatable bonds is 11. The summed E-state index contributed by atoms with van der Waals surface area (Å²) < 4.78 is 11.0. The third-order valence-corrected chi connectivity index (χ3v) is 3.15. The van der Waals surface area contributed by atoms with Gasteiger partial charge in [0.15, 0.2) is 0 Å². The largest absolute Gasteiger partial charge is 0.376 e. The summed E-state index contributed by atoms with van der Waals surface area (Å²) in [7, 11) is 0. The second kappa shape index (κ2) is 16.3. The molecular formula is C18H41NO2. The van der Waals surface area contributed by atoms with Crippen LogP contribution in [-0.4, -0.2) is 38.0 Å². The van der Waals surface area contributed by atoms with Crippen LogP contribution >= 0.6 is 0 Å². The maximum atomic E-state index is 5.88. The van der Waals surface area contributed by atoms with Crippen LogP contribution in [0.25, 0.3) is 0 Å². The first kappa shape index (κ1) is 23.2. The quantitative estimate of drug-likeness (QED) is 0.440. The predicted molar refractivity (Wildman–Crippen MR) is 94.1 cm³/mol. The molecule has 0 aromatic rings. The highest BCUT2D eigenvalue weighted by atomic mass is 16.6.